The molecule has 0 spiro atoms. The summed E-state index contributed by atoms with van der Waals surface area (Å²) in [6, 6.07) is 4.43. The van der Waals surface area contributed by atoms with E-state index in [0.717, 1.165) is 5.56 Å². The average molecular weight is 296 g/mol. The first-order valence-corrected chi connectivity index (χ1v) is 6.78. The number of nitrogens with zero attached hydrogens (tertiary/aromatic N) is 1. The molecule has 0 aliphatic heterocycles. The second-order valence-electron chi connectivity index (χ2n) is 5.45. The van der Waals surface area contributed by atoms with Crippen molar-refractivity contribution in [2.45, 2.75) is 32.9 Å². The van der Waals surface area contributed by atoms with Crippen molar-refractivity contribution in [2.75, 3.05) is 7.05 Å². The summed E-state index contributed by atoms with van der Waals surface area (Å²) >= 11 is 0. The summed E-state index contributed by atoms with van der Waals surface area (Å²) in [6.45, 7) is 4.06. The summed E-state index contributed by atoms with van der Waals surface area (Å²) in [4.78, 5) is 24.5. The molecule has 116 valence electrons. The third kappa shape index (κ3) is 5.81. The maximum atomic E-state index is 12.8. The number of aliphatic carboxylic acids is 1. The smallest absolute Gasteiger partial charge is 0.326 e. The Morgan fingerprint density at radius 1 is 1.29 bits per heavy atom. The highest BCUT2D eigenvalue weighted by molar-refractivity contribution is 5.82. The summed E-state index contributed by atoms with van der Waals surface area (Å²) in [5.74, 6) is -1.23. The number of hydrogen-bond donors (Lipinski definition) is 2. The van der Waals surface area contributed by atoms with Crippen LogP contribution in [0.5, 0.6) is 0 Å². The van der Waals surface area contributed by atoms with Crippen molar-refractivity contribution in [3.8, 4) is 0 Å². The van der Waals surface area contributed by atoms with Crippen LogP contribution in [0.2, 0.25) is 0 Å². The van der Waals surface area contributed by atoms with Crippen molar-refractivity contribution in [1.29, 1.82) is 0 Å². The first kappa shape index (κ1) is 16.9. The van der Waals surface area contributed by atoms with E-state index in [-0.39, 0.29) is 18.3 Å². The fourth-order valence-electron chi connectivity index (χ4n) is 1.89. The van der Waals surface area contributed by atoms with Crippen LogP contribution in [-0.2, 0) is 11.3 Å². The first-order valence-electron chi connectivity index (χ1n) is 6.78. The number of carboxylic acid groups (broad SMARTS) is 1. The number of halogens is 1. The summed E-state index contributed by atoms with van der Waals surface area (Å²) in [5.41, 5.74) is 0.768. The van der Waals surface area contributed by atoms with Gasteiger partial charge in [0.15, 0.2) is 0 Å². The van der Waals surface area contributed by atoms with Gasteiger partial charge in [0, 0.05) is 13.6 Å². The number of carboxylic acids is 1. The number of hydrogen-bond acceptors (Lipinski definition) is 2. The second kappa shape index (κ2) is 7.61. The topological polar surface area (TPSA) is 69.6 Å². The van der Waals surface area contributed by atoms with Crippen molar-refractivity contribution in [3.63, 3.8) is 0 Å². The number of carbonyl (C=O) groups is 2. The molecule has 1 aromatic carbocycles. The Morgan fingerprint density at radius 3 is 2.33 bits per heavy atom. The van der Waals surface area contributed by atoms with Crippen LogP contribution in [0.15, 0.2) is 24.3 Å². The molecule has 2 N–H and O–H groups in total. The molecule has 0 saturated carbocycles. The number of amides is 2. The van der Waals surface area contributed by atoms with Crippen molar-refractivity contribution < 1.29 is 19.1 Å². The SMILES string of the molecule is CC(C)C[C@H](NC(=O)N(C)Cc1ccc(F)cc1)C(=O)O. The first-order chi connectivity index (χ1) is 9.79. The summed E-state index contributed by atoms with van der Waals surface area (Å²) < 4.78 is 12.8. The van der Waals surface area contributed by atoms with E-state index in [1.54, 1.807) is 19.2 Å². The molecule has 0 heterocycles. The number of nitrogens with one attached hydrogen (secondary N) is 1. The third-order valence-electron chi connectivity index (χ3n) is 2.98. The Balaban J connectivity index is 2.60. The minimum absolute atomic E-state index is 0.161. The van der Waals surface area contributed by atoms with Gasteiger partial charge in [-0.3, -0.25) is 0 Å². The predicted molar refractivity (Wildman–Crippen MR) is 77.3 cm³/mol. The molecule has 0 bridgehead atoms. The lowest BCUT2D eigenvalue weighted by Crippen LogP contribution is -2.46. The number of rotatable bonds is 6. The Bertz CT molecular complexity index is 488. The molecular weight excluding hydrogens is 275 g/mol. The lowest BCUT2D eigenvalue weighted by atomic mass is 10.0. The average Bonchev–Trinajstić information content (AvgIpc) is 2.39. The standard InChI is InChI=1S/C15H21FN2O3/c1-10(2)8-13(14(19)20)17-15(21)18(3)9-11-4-6-12(16)7-5-11/h4-7,10,13H,8-9H2,1-3H3,(H,17,21)(H,19,20)/t13-/m0/s1. The minimum atomic E-state index is -1.05. The Kier molecular flexibility index (Phi) is 6.14. The van der Waals surface area contributed by atoms with Gasteiger partial charge in [0.2, 0.25) is 0 Å². The molecule has 6 heteroatoms. The third-order valence-corrected chi connectivity index (χ3v) is 2.98. The normalized spacial score (nSPS) is 12.0. The number of benzene rings is 1. The highest BCUT2D eigenvalue weighted by Gasteiger charge is 2.22. The lowest BCUT2D eigenvalue weighted by molar-refractivity contribution is -0.139. The van der Waals surface area contributed by atoms with Crippen LogP contribution in [0.3, 0.4) is 0 Å². The second-order valence-corrected chi connectivity index (χ2v) is 5.45. The zero-order valence-electron chi connectivity index (χ0n) is 12.5. The van der Waals surface area contributed by atoms with Crippen molar-refractivity contribution in [3.05, 3.63) is 35.6 Å². The molecule has 1 atom stereocenters. The zero-order valence-corrected chi connectivity index (χ0v) is 12.5. The van der Waals surface area contributed by atoms with Gasteiger partial charge in [0.1, 0.15) is 11.9 Å². The zero-order chi connectivity index (χ0) is 16.0. The molecule has 0 fully saturated rings. The van der Waals surface area contributed by atoms with E-state index in [9.17, 15) is 14.0 Å². The summed E-state index contributed by atoms with van der Waals surface area (Å²) in [5, 5.41) is 11.6. The molecular formula is C15H21FN2O3. The minimum Gasteiger partial charge on any atom is -0.480 e. The van der Waals surface area contributed by atoms with Gasteiger partial charge in [-0.15, -0.1) is 0 Å². The molecule has 1 aromatic rings. The maximum absolute atomic E-state index is 12.8. The molecule has 21 heavy (non-hydrogen) atoms. The van der Waals surface area contributed by atoms with E-state index in [4.69, 9.17) is 5.11 Å². The maximum Gasteiger partial charge on any atom is 0.326 e. The molecule has 0 unspecified atom stereocenters. The van der Waals surface area contributed by atoms with Gasteiger partial charge < -0.3 is 15.3 Å². The van der Waals surface area contributed by atoms with Gasteiger partial charge in [-0.1, -0.05) is 26.0 Å². The van der Waals surface area contributed by atoms with Gasteiger partial charge >= 0.3 is 12.0 Å². The Morgan fingerprint density at radius 2 is 1.86 bits per heavy atom. The van der Waals surface area contributed by atoms with Gasteiger partial charge in [0.05, 0.1) is 0 Å². The number of urea groups is 1. The predicted octanol–water partition coefficient (Wildman–Crippen LogP) is 2.47. The lowest BCUT2D eigenvalue weighted by Gasteiger charge is -2.22. The molecule has 5 nitrogen and oxygen atoms in total. The molecule has 2 amide bonds. The summed E-state index contributed by atoms with van der Waals surface area (Å²) in [6.07, 6.45) is 0.367. The van der Waals surface area contributed by atoms with Gasteiger partial charge in [-0.2, -0.15) is 0 Å². The van der Waals surface area contributed by atoms with Crippen LogP contribution in [0.4, 0.5) is 9.18 Å². The van der Waals surface area contributed by atoms with Crippen molar-refractivity contribution in [2.24, 2.45) is 5.92 Å². The quantitative estimate of drug-likeness (QED) is 0.847. The molecule has 1 rings (SSSR count). The van der Waals surface area contributed by atoms with Crippen molar-refractivity contribution in [1.82, 2.24) is 10.2 Å². The molecule has 0 saturated heterocycles. The van der Waals surface area contributed by atoms with Crippen LogP contribution < -0.4 is 5.32 Å². The van der Waals surface area contributed by atoms with Gasteiger partial charge in [0.25, 0.3) is 0 Å². The number of carbonyl (C=O) groups excluding carboxylic acids is 1. The highest BCUT2D eigenvalue weighted by Crippen LogP contribution is 2.08. The summed E-state index contributed by atoms with van der Waals surface area (Å²) in [7, 11) is 1.56. The monoisotopic (exact) mass is 296 g/mol. The van der Waals surface area contributed by atoms with Crippen LogP contribution in [-0.4, -0.2) is 35.1 Å². The van der Waals surface area contributed by atoms with E-state index >= 15 is 0 Å². The van der Waals surface area contributed by atoms with E-state index in [1.807, 2.05) is 13.8 Å². The van der Waals surface area contributed by atoms with E-state index in [1.165, 1.54) is 17.0 Å². The fraction of sp³-hybridized carbons (Fsp3) is 0.467. The molecule has 0 aromatic heterocycles. The fourth-order valence-corrected chi connectivity index (χ4v) is 1.89. The van der Waals surface area contributed by atoms with E-state index in [2.05, 4.69) is 5.32 Å². The largest absolute Gasteiger partial charge is 0.480 e. The van der Waals surface area contributed by atoms with Crippen LogP contribution in [0, 0.1) is 11.7 Å². The van der Waals surface area contributed by atoms with E-state index < -0.39 is 18.0 Å². The van der Waals surface area contributed by atoms with Crippen LogP contribution in [0.25, 0.3) is 0 Å². The van der Waals surface area contributed by atoms with Gasteiger partial charge in [-0.05, 0) is 30.0 Å². The van der Waals surface area contributed by atoms with Crippen LogP contribution in [0.1, 0.15) is 25.8 Å². The molecule has 0 radical (unpaired) electrons. The van der Waals surface area contributed by atoms with Gasteiger partial charge in [-0.25, -0.2) is 14.0 Å². The molecule has 0 aliphatic carbocycles. The highest BCUT2D eigenvalue weighted by atomic mass is 19.1. The van der Waals surface area contributed by atoms with E-state index in [0.29, 0.717) is 6.42 Å². The van der Waals surface area contributed by atoms with Crippen LogP contribution >= 0.6 is 0 Å². The Labute approximate surface area is 123 Å². The van der Waals surface area contributed by atoms with Crippen molar-refractivity contribution >= 4 is 12.0 Å². The Hall–Kier alpha value is -2.11. The molecule has 0 aliphatic rings.